The van der Waals surface area contributed by atoms with Crippen molar-refractivity contribution in [1.29, 1.82) is 0 Å². The van der Waals surface area contributed by atoms with Crippen LogP contribution in [-0.4, -0.2) is 31.8 Å². The summed E-state index contributed by atoms with van der Waals surface area (Å²) >= 11 is 0. The predicted molar refractivity (Wildman–Crippen MR) is 73.4 cm³/mol. The van der Waals surface area contributed by atoms with Crippen molar-refractivity contribution in [3.63, 3.8) is 0 Å². The number of carbonyl (C=O) groups is 1. The van der Waals surface area contributed by atoms with E-state index in [-0.39, 0.29) is 11.7 Å². The summed E-state index contributed by atoms with van der Waals surface area (Å²) in [6.45, 7) is 2.40. The zero-order chi connectivity index (χ0) is 14.0. The fraction of sp³-hybridized carbons (Fsp3) is 0.308. The van der Waals surface area contributed by atoms with Gasteiger partial charge in [-0.05, 0) is 29.7 Å². The van der Waals surface area contributed by atoms with E-state index in [4.69, 9.17) is 5.11 Å². The molecule has 0 saturated carbocycles. The lowest BCUT2D eigenvalue weighted by Crippen LogP contribution is -2.25. The van der Waals surface area contributed by atoms with E-state index in [1.807, 2.05) is 6.92 Å². The topological polar surface area (TPSA) is 74.7 Å². The highest BCUT2D eigenvalue weighted by atomic mass is 32.2. The van der Waals surface area contributed by atoms with Gasteiger partial charge >= 0.3 is 5.97 Å². The van der Waals surface area contributed by atoms with Crippen LogP contribution in [-0.2, 0) is 14.8 Å². The monoisotopic (exact) mass is 281 g/mol. The van der Waals surface area contributed by atoms with Gasteiger partial charge in [0.25, 0.3) is 0 Å². The molecule has 0 bridgehead atoms. The SMILES string of the molecule is CC1CN(c2ccc(C=CC(=O)O)cc2)S(=O)(=O)C1. The van der Waals surface area contributed by atoms with Gasteiger partial charge in [-0.3, -0.25) is 4.31 Å². The van der Waals surface area contributed by atoms with Gasteiger partial charge in [0, 0.05) is 12.6 Å². The van der Waals surface area contributed by atoms with Gasteiger partial charge in [0.1, 0.15) is 0 Å². The minimum Gasteiger partial charge on any atom is -0.478 e. The van der Waals surface area contributed by atoms with Crippen LogP contribution >= 0.6 is 0 Å². The number of hydrogen-bond acceptors (Lipinski definition) is 3. The maximum atomic E-state index is 11.9. The first kappa shape index (κ1) is 13.6. The molecule has 19 heavy (non-hydrogen) atoms. The average Bonchev–Trinajstić information content (AvgIpc) is 2.60. The molecule has 1 unspecified atom stereocenters. The van der Waals surface area contributed by atoms with Crippen molar-refractivity contribution in [2.75, 3.05) is 16.6 Å². The van der Waals surface area contributed by atoms with Gasteiger partial charge in [-0.15, -0.1) is 0 Å². The van der Waals surface area contributed by atoms with Crippen LogP contribution in [0.5, 0.6) is 0 Å². The highest BCUT2D eigenvalue weighted by Crippen LogP contribution is 2.27. The second-order valence-corrected chi connectivity index (χ2v) is 6.62. The van der Waals surface area contributed by atoms with Gasteiger partial charge < -0.3 is 5.11 Å². The third kappa shape index (κ3) is 3.14. The van der Waals surface area contributed by atoms with Crippen LogP contribution < -0.4 is 4.31 Å². The first-order valence-electron chi connectivity index (χ1n) is 5.90. The Bertz CT molecular complexity index is 604. The summed E-state index contributed by atoms with van der Waals surface area (Å²) in [5, 5.41) is 8.53. The Balaban J connectivity index is 2.22. The molecule has 1 aromatic carbocycles. The second kappa shape index (κ2) is 5.05. The summed E-state index contributed by atoms with van der Waals surface area (Å²) in [6, 6.07) is 6.79. The standard InChI is InChI=1S/C13H15NO4S/c1-10-8-14(19(17,18)9-10)12-5-2-11(3-6-12)4-7-13(15)16/h2-7,10H,8-9H2,1H3,(H,15,16). The fourth-order valence-corrected chi connectivity index (χ4v) is 4.01. The van der Waals surface area contributed by atoms with Crippen molar-refractivity contribution in [3.05, 3.63) is 35.9 Å². The third-order valence-electron chi connectivity index (χ3n) is 2.91. The van der Waals surface area contributed by atoms with Crippen molar-refractivity contribution < 1.29 is 18.3 Å². The summed E-state index contributed by atoms with van der Waals surface area (Å²) in [6.07, 6.45) is 2.51. The maximum Gasteiger partial charge on any atom is 0.328 e. The number of carboxylic acids is 1. The molecule has 102 valence electrons. The number of benzene rings is 1. The predicted octanol–water partition coefficient (Wildman–Crippen LogP) is 1.57. The smallest absolute Gasteiger partial charge is 0.328 e. The van der Waals surface area contributed by atoms with Crippen molar-refractivity contribution in [2.45, 2.75) is 6.92 Å². The summed E-state index contributed by atoms with van der Waals surface area (Å²) < 4.78 is 25.2. The molecule has 1 aliphatic rings. The van der Waals surface area contributed by atoms with Crippen LogP contribution in [0.3, 0.4) is 0 Å². The highest BCUT2D eigenvalue weighted by Gasteiger charge is 2.33. The molecule has 1 fully saturated rings. The first-order chi connectivity index (χ1) is 8.88. The van der Waals surface area contributed by atoms with Crippen molar-refractivity contribution in [2.24, 2.45) is 5.92 Å². The summed E-state index contributed by atoms with van der Waals surface area (Å²) in [7, 11) is -3.21. The molecule has 0 aromatic heterocycles. The maximum absolute atomic E-state index is 11.9. The minimum absolute atomic E-state index is 0.122. The molecular weight excluding hydrogens is 266 g/mol. The quantitative estimate of drug-likeness (QED) is 0.853. The van der Waals surface area contributed by atoms with E-state index in [0.29, 0.717) is 12.2 Å². The van der Waals surface area contributed by atoms with Crippen molar-refractivity contribution in [3.8, 4) is 0 Å². The largest absolute Gasteiger partial charge is 0.478 e. The van der Waals surface area contributed by atoms with Crippen LogP contribution in [0, 0.1) is 5.92 Å². The lowest BCUT2D eigenvalue weighted by molar-refractivity contribution is -0.131. The van der Waals surface area contributed by atoms with Gasteiger partial charge in [-0.1, -0.05) is 19.1 Å². The van der Waals surface area contributed by atoms with E-state index < -0.39 is 16.0 Å². The average molecular weight is 281 g/mol. The van der Waals surface area contributed by atoms with Crippen molar-refractivity contribution in [1.82, 2.24) is 0 Å². The second-order valence-electron chi connectivity index (χ2n) is 4.68. The molecule has 0 spiro atoms. The van der Waals surface area contributed by atoms with Gasteiger partial charge in [-0.2, -0.15) is 0 Å². The lowest BCUT2D eigenvalue weighted by Gasteiger charge is -2.17. The zero-order valence-electron chi connectivity index (χ0n) is 10.5. The van der Waals surface area contributed by atoms with E-state index in [1.165, 1.54) is 10.4 Å². The normalized spacial score (nSPS) is 21.9. The molecule has 0 aliphatic carbocycles. The molecule has 1 N–H and O–H groups in total. The summed E-state index contributed by atoms with van der Waals surface area (Å²) in [4.78, 5) is 10.4. The number of hydrogen-bond donors (Lipinski definition) is 1. The van der Waals surface area contributed by atoms with Gasteiger partial charge in [0.05, 0.1) is 11.4 Å². The Hall–Kier alpha value is -1.82. The molecule has 1 aromatic rings. The van der Waals surface area contributed by atoms with Gasteiger partial charge in [-0.25, -0.2) is 13.2 Å². The summed E-state index contributed by atoms with van der Waals surface area (Å²) in [5.41, 5.74) is 1.34. The van der Waals surface area contributed by atoms with E-state index >= 15 is 0 Å². The van der Waals surface area contributed by atoms with E-state index in [0.717, 1.165) is 11.6 Å². The van der Waals surface area contributed by atoms with Crippen LogP contribution in [0.2, 0.25) is 0 Å². The van der Waals surface area contributed by atoms with Crippen LogP contribution in [0.1, 0.15) is 12.5 Å². The number of anilines is 1. The van der Waals surface area contributed by atoms with Crippen LogP contribution in [0.4, 0.5) is 5.69 Å². The molecule has 1 saturated heterocycles. The number of aliphatic carboxylic acids is 1. The molecule has 1 atom stereocenters. The molecule has 1 heterocycles. The molecular formula is C13H15NO4S. The molecule has 6 heteroatoms. The molecule has 0 amide bonds. The highest BCUT2D eigenvalue weighted by molar-refractivity contribution is 7.93. The Morgan fingerprint density at radius 1 is 1.37 bits per heavy atom. The van der Waals surface area contributed by atoms with Gasteiger partial charge in [0.15, 0.2) is 0 Å². The molecule has 5 nitrogen and oxygen atoms in total. The van der Waals surface area contributed by atoms with E-state index in [9.17, 15) is 13.2 Å². The fourth-order valence-electron chi connectivity index (χ4n) is 2.08. The number of sulfonamides is 1. The Morgan fingerprint density at radius 3 is 2.47 bits per heavy atom. The Labute approximate surface area is 112 Å². The molecule has 0 radical (unpaired) electrons. The first-order valence-corrected chi connectivity index (χ1v) is 7.51. The lowest BCUT2D eigenvalue weighted by atomic mass is 10.1. The van der Waals surface area contributed by atoms with Gasteiger partial charge in [0.2, 0.25) is 10.0 Å². The van der Waals surface area contributed by atoms with E-state index in [1.54, 1.807) is 24.3 Å². The van der Waals surface area contributed by atoms with Crippen LogP contribution in [0.15, 0.2) is 30.3 Å². The summed E-state index contributed by atoms with van der Waals surface area (Å²) in [5.74, 6) is -0.718. The Morgan fingerprint density at radius 2 is 2.00 bits per heavy atom. The van der Waals surface area contributed by atoms with E-state index in [2.05, 4.69) is 0 Å². The third-order valence-corrected chi connectivity index (χ3v) is 4.93. The number of rotatable bonds is 3. The zero-order valence-corrected chi connectivity index (χ0v) is 11.3. The molecule has 1 aliphatic heterocycles. The molecule has 2 rings (SSSR count). The van der Waals surface area contributed by atoms with Crippen LogP contribution in [0.25, 0.3) is 6.08 Å². The minimum atomic E-state index is -3.21. The number of carboxylic acid groups (broad SMARTS) is 1. The number of nitrogens with zero attached hydrogens (tertiary/aromatic N) is 1. The Kier molecular flexibility index (Phi) is 3.61. The van der Waals surface area contributed by atoms with Crippen molar-refractivity contribution >= 4 is 27.8 Å².